The summed E-state index contributed by atoms with van der Waals surface area (Å²) < 4.78 is 11.4. The van der Waals surface area contributed by atoms with Crippen LogP contribution in [0.2, 0.25) is 0 Å². The third-order valence-electron chi connectivity index (χ3n) is 4.11. The summed E-state index contributed by atoms with van der Waals surface area (Å²) in [4.78, 5) is 2.28. The topological polar surface area (TPSA) is 41.9 Å². The summed E-state index contributed by atoms with van der Waals surface area (Å²) >= 11 is 0. The van der Waals surface area contributed by atoms with E-state index in [1.165, 1.54) is 5.56 Å². The highest BCUT2D eigenvalue weighted by molar-refractivity contribution is 5.27. The second-order valence-corrected chi connectivity index (χ2v) is 5.94. The van der Waals surface area contributed by atoms with Crippen molar-refractivity contribution in [1.29, 1.82) is 0 Å². The SMILES string of the molecule is CCOC1CCCN(CC(O)COc2ccc(CC)cc2)C1. The zero-order valence-corrected chi connectivity index (χ0v) is 13.8. The Morgan fingerprint density at radius 1 is 1.27 bits per heavy atom. The number of aliphatic hydroxyl groups excluding tert-OH is 1. The number of rotatable bonds is 8. The van der Waals surface area contributed by atoms with Crippen LogP contribution in [-0.4, -0.2) is 55.1 Å². The first-order valence-electron chi connectivity index (χ1n) is 8.45. The summed E-state index contributed by atoms with van der Waals surface area (Å²) in [5.41, 5.74) is 1.29. The third-order valence-corrected chi connectivity index (χ3v) is 4.11. The number of piperidine rings is 1. The van der Waals surface area contributed by atoms with Crippen LogP contribution in [-0.2, 0) is 11.2 Å². The van der Waals surface area contributed by atoms with Crippen molar-refractivity contribution in [2.24, 2.45) is 0 Å². The van der Waals surface area contributed by atoms with Crippen LogP contribution in [0.15, 0.2) is 24.3 Å². The average molecular weight is 307 g/mol. The summed E-state index contributed by atoms with van der Waals surface area (Å²) in [6.45, 7) is 7.86. The molecule has 1 aromatic rings. The zero-order chi connectivity index (χ0) is 15.8. The Balaban J connectivity index is 1.71. The minimum absolute atomic E-state index is 0.313. The molecule has 1 N–H and O–H groups in total. The van der Waals surface area contributed by atoms with E-state index in [2.05, 4.69) is 24.0 Å². The molecule has 1 saturated heterocycles. The lowest BCUT2D eigenvalue weighted by Gasteiger charge is -2.33. The lowest BCUT2D eigenvalue weighted by Crippen LogP contribution is -2.44. The second kappa shape index (κ2) is 9.13. The number of likely N-dealkylation sites (tertiary alicyclic amines) is 1. The maximum absolute atomic E-state index is 10.2. The number of nitrogens with zero attached hydrogens (tertiary/aromatic N) is 1. The van der Waals surface area contributed by atoms with Crippen LogP contribution in [0, 0.1) is 0 Å². The van der Waals surface area contributed by atoms with Crippen LogP contribution in [0.5, 0.6) is 5.75 Å². The Morgan fingerprint density at radius 2 is 2.05 bits per heavy atom. The fourth-order valence-electron chi connectivity index (χ4n) is 2.92. The molecule has 0 saturated carbocycles. The molecule has 2 rings (SSSR count). The molecule has 0 bridgehead atoms. The van der Waals surface area contributed by atoms with Gasteiger partial charge in [-0.3, -0.25) is 4.90 Å². The van der Waals surface area contributed by atoms with E-state index < -0.39 is 6.10 Å². The second-order valence-electron chi connectivity index (χ2n) is 5.94. The van der Waals surface area contributed by atoms with Gasteiger partial charge in [0.05, 0.1) is 6.10 Å². The Morgan fingerprint density at radius 3 is 2.73 bits per heavy atom. The van der Waals surface area contributed by atoms with Crippen LogP contribution >= 0.6 is 0 Å². The van der Waals surface area contributed by atoms with Gasteiger partial charge in [-0.25, -0.2) is 0 Å². The van der Waals surface area contributed by atoms with Crippen LogP contribution in [0.1, 0.15) is 32.3 Å². The molecule has 0 aromatic heterocycles. The van der Waals surface area contributed by atoms with Crippen molar-refractivity contribution < 1.29 is 14.6 Å². The minimum atomic E-state index is -0.466. The van der Waals surface area contributed by atoms with Crippen LogP contribution in [0.4, 0.5) is 0 Å². The molecule has 0 spiro atoms. The van der Waals surface area contributed by atoms with Gasteiger partial charge in [-0.05, 0) is 50.4 Å². The van der Waals surface area contributed by atoms with Gasteiger partial charge in [0, 0.05) is 19.7 Å². The van der Waals surface area contributed by atoms with E-state index in [0.717, 1.165) is 44.7 Å². The Labute approximate surface area is 134 Å². The molecule has 4 heteroatoms. The first-order chi connectivity index (χ1) is 10.7. The minimum Gasteiger partial charge on any atom is -0.491 e. The molecule has 2 atom stereocenters. The van der Waals surface area contributed by atoms with Gasteiger partial charge in [0.2, 0.25) is 0 Å². The fraction of sp³-hybridized carbons (Fsp3) is 0.667. The average Bonchev–Trinajstić information content (AvgIpc) is 2.54. The molecule has 0 amide bonds. The Hall–Kier alpha value is -1.10. The summed E-state index contributed by atoms with van der Waals surface area (Å²) in [7, 11) is 0. The van der Waals surface area contributed by atoms with E-state index >= 15 is 0 Å². The van der Waals surface area contributed by atoms with Gasteiger partial charge in [-0.2, -0.15) is 0 Å². The van der Waals surface area contributed by atoms with Crippen molar-refractivity contribution in [2.75, 3.05) is 32.8 Å². The molecule has 2 unspecified atom stereocenters. The molecule has 0 aliphatic carbocycles. The van der Waals surface area contributed by atoms with Gasteiger partial charge in [0.15, 0.2) is 0 Å². The smallest absolute Gasteiger partial charge is 0.119 e. The van der Waals surface area contributed by atoms with Crippen LogP contribution < -0.4 is 4.74 Å². The molecule has 1 aliphatic rings. The number of ether oxygens (including phenoxy) is 2. The van der Waals surface area contributed by atoms with Crippen molar-refractivity contribution >= 4 is 0 Å². The molecule has 0 radical (unpaired) electrons. The first-order valence-corrected chi connectivity index (χ1v) is 8.45. The molecule has 124 valence electrons. The maximum Gasteiger partial charge on any atom is 0.119 e. The molecular weight excluding hydrogens is 278 g/mol. The van der Waals surface area contributed by atoms with E-state index in [1.807, 2.05) is 19.1 Å². The van der Waals surface area contributed by atoms with E-state index in [0.29, 0.717) is 19.3 Å². The Kier molecular flexibility index (Phi) is 7.16. The predicted molar refractivity (Wildman–Crippen MR) is 88.4 cm³/mol. The highest BCUT2D eigenvalue weighted by Crippen LogP contribution is 2.15. The van der Waals surface area contributed by atoms with E-state index in [4.69, 9.17) is 9.47 Å². The predicted octanol–water partition coefficient (Wildman–Crippen LogP) is 2.49. The van der Waals surface area contributed by atoms with Gasteiger partial charge < -0.3 is 14.6 Å². The lowest BCUT2D eigenvalue weighted by atomic mass is 10.1. The summed E-state index contributed by atoms with van der Waals surface area (Å²) in [5.74, 6) is 0.821. The van der Waals surface area contributed by atoms with Crippen molar-refractivity contribution in [3.8, 4) is 5.75 Å². The molecule has 1 aromatic carbocycles. The lowest BCUT2D eigenvalue weighted by molar-refractivity contribution is -0.0123. The van der Waals surface area contributed by atoms with Crippen LogP contribution in [0.3, 0.4) is 0 Å². The number of β-amino-alcohol motifs (C(OH)–C–C–N with tert-alkyl or cyclic N) is 1. The van der Waals surface area contributed by atoms with Crippen molar-refractivity contribution in [2.45, 2.75) is 45.3 Å². The van der Waals surface area contributed by atoms with Gasteiger partial charge in [0.25, 0.3) is 0 Å². The largest absolute Gasteiger partial charge is 0.491 e. The highest BCUT2D eigenvalue weighted by atomic mass is 16.5. The van der Waals surface area contributed by atoms with Gasteiger partial charge in [-0.1, -0.05) is 19.1 Å². The number of aryl methyl sites for hydroxylation is 1. The monoisotopic (exact) mass is 307 g/mol. The number of hydrogen-bond acceptors (Lipinski definition) is 4. The molecule has 22 heavy (non-hydrogen) atoms. The maximum atomic E-state index is 10.2. The molecule has 1 aliphatic heterocycles. The summed E-state index contributed by atoms with van der Waals surface area (Å²) in [5, 5.41) is 10.2. The fourth-order valence-corrected chi connectivity index (χ4v) is 2.92. The Bertz CT molecular complexity index is 419. The zero-order valence-electron chi connectivity index (χ0n) is 13.8. The standard InChI is InChI=1S/C18H29NO3/c1-3-15-7-9-17(10-8-15)22-14-16(20)12-19-11-5-6-18(13-19)21-4-2/h7-10,16,18,20H,3-6,11-14H2,1-2H3. The summed E-state index contributed by atoms with van der Waals surface area (Å²) in [6, 6.07) is 8.08. The van der Waals surface area contributed by atoms with Crippen molar-refractivity contribution in [1.82, 2.24) is 4.90 Å². The highest BCUT2D eigenvalue weighted by Gasteiger charge is 2.22. The third kappa shape index (κ3) is 5.59. The summed E-state index contributed by atoms with van der Waals surface area (Å²) in [6.07, 6.45) is 3.13. The quantitative estimate of drug-likeness (QED) is 0.801. The van der Waals surface area contributed by atoms with E-state index in [-0.39, 0.29) is 0 Å². The normalized spacial score (nSPS) is 20.8. The van der Waals surface area contributed by atoms with Gasteiger partial charge in [0.1, 0.15) is 18.5 Å². The van der Waals surface area contributed by atoms with E-state index in [1.54, 1.807) is 0 Å². The van der Waals surface area contributed by atoms with E-state index in [9.17, 15) is 5.11 Å². The van der Waals surface area contributed by atoms with Gasteiger partial charge in [-0.15, -0.1) is 0 Å². The molecule has 1 heterocycles. The first kappa shape index (κ1) is 17.3. The van der Waals surface area contributed by atoms with Gasteiger partial charge >= 0.3 is 0 Å². The van der Waals surface area contributed by atoms with Crippen LogP contribution in [0.25, 0.3) is 0 Å². The molecular formula is C18H29NO3. The number of aliphatic hydroxyl groups is 1. The number of hydrogen-bond donors (Lipinski definition) is 1. The van der Waals surface area contributed by atoms with Crippen molar-refractivity contribution in [3.63, 3.8) is 0 Å². The number of benzene rings is 1. The van der Waals surface area contributed by atoms with Crippen molar-refractivity contribution in [3.05, 3.63) is 29.8 Å². The molecule has 4 nitrogen and oxygen atoms in total. The molecule has 1 fully saturated rings.